The van der Waals surface area contributed by atoms with Crippen LogP contribution in [0.15, 0.2) is 24.3 Å². The van der Waals surface area contributed by atoms with Crippen LogP contribution in [0.4, 0.5) is 5.69 Å². The average molecular weight is 392 g/mol. The van der Waals surface area contributed by atoms with Crippen molar-refractivity contribution in [3.05, 3.63) is 24.3 Å². The van der Waals surface area contributed by atoms with Crippen molar-refractivity contribution < 1.29 is 23.8 Å². The number of carbonyl (C=O) groups is 2. The predicted octanol–water partition coefficient (Wildman–Crippen LogP) is 2.70. The van der Waals surface area contributed by atoms with Gasteiger partial charge in [-0.3, -0.25) is 9.59 Å². The first-order valence-electron chi connectivity index (χ1n) is 9.88. The molecule has 0 bridgehead atoms. The molecule has 0 spiro atoms. The first-order chi connectivity index (χ1) is 13.3. The van der Waals surface area contributed by atoms with Gasteiger partial charge in [0.25, 0.3) is 11.8 Å². The molecule has 0 aromatic heterocycles. The van der Waals surface area contributed by atoms with Crippen molar-refractivity contribution in [2.75, 3.05) is 44.8 Å². The van der Waals surface area contributed by atoms with E-state index in [9.17, 15) is 9.59 Å². The Kier molecular flexibility index (Phi) is 8.26. The lowest BCUT2D eigenvalue weighted by atomic mass is 9.93. The van der Waals surface area contributed by atoms with E-state index < -0.39 is 5.60 Å². The van der Waals surface area contributed by atoms with Crippen LogP contribution in [0.3, 0.4) is 0 Å². The lowest BCUT2D eigenvalue weighted by molar-refractivity contribution is -0.140. The summed E-state index contributed by atoms with van der Waals surface area (Å²) in [6.45, 7) is 10.6. The van der Waals surface area contributed by atoms with Gasteiger partial charge in [-0.2, -0.15) is 0 Å². The molecule has 1 aliphatic heterocycles. The van der Waals surface area contributed by atoms with Gasteiger partial charge in [-0.25, -0.2) is 0 Å². The number of anilines is 1. The minimum atomic E-state index is -0.872. The largest absolute Gasteiger partial charge is 0.484 e. The average Bonchev–Trinajstić information content (AvgIpc) is 2.67. The van der Waals surface area contributed by atoms with Crippen molar-refractivity contribution in [2.45, 2.75) is 39.7 Å². The van der Waals surface area contributed by atoms with Gasteiger partial charge >= 0.3 is 0 Å². The van der Waals surface area contributed by atoms with E-state index in [0.29, 0.717) is 56.7 Å². The molecule has 1 fully saturated rings. The number of nitrogens with zero attached hydrogens (tertiary/aromatic N) is 1. The third-order valence-electron chi connectivity index (χ3n) is 4.58. The fraction of sp³-hybridized carbons (Fsp3) is 0.619. The summed E-state index contributed by atoms with van der Waals surface area (Å²) < 4.78 is 16.5. The summed E-state index contributed by atoms with van der Waals surface area (Å²) in [5.74, 6) is 0.692. The molecule has 28 heavy (non-hydrogen) atoms. The number of morpholine rings is 1. The van der Waals surface area contributed by atoms with Gasteiger partial charge in [-0.05, 0) is 50.5 Å². The lowest BCUT2D eigenvalue weighted by Gasteiger charge is -2.29. The molecule has 156 valence electrons. The fourth-order valence-electron chi connectivity index (χ4n) is 3.26. The highest BCUT2D eigenvalue weighted by atomic mass is 16.5. The van der Waals surface area contributed by atoms with Gasteiger partial charge in [-0.15, -0.1) is 0 Å². The van der Waals surface area contributed by atoms with Crippen molar-refractivity contribution in [3.8, 4) is 5.75 Å². The van der Waals surface area contributed by atoms with E-state index in [2.05, 4.69) is 19.2 Å². The summed E-state index contributed by atoms with van der Waals surface area (Å²) >= 11 is 0. The molecule has 1 atom stereocenters. The first-order valence-corrected chi connectivity index (χ1v) is 9.88. The molecule has 1 saturated heterocycles. The molecule has 1 aromatic rings. The lowest BCUT2D eigenvalue weighted by Crippen LogP contribution is -2.44. The standard InChI is InChI=1S/C21H32N2O5/c1-5-28-21(4,14-16(2)3)20(25)22-17-6-8-18(9-7-17)27-15-19(24)23-10-12-26-13-11-23/h6-9,16H,5,10-15H2,1-4H3,(H,22,25)/t21-/m0/s1. The SMILES string of the molecule is CCO[C@@](C)(CC(C)C)C(=O)Nc1ccc(OCC(=O)N2CCOCC2)cc1. The number of hydrogen-bond acceptors (Lipinski definition) is 5. The van der Waals surface area contributed by atoms with Gasteiger partial charge < -0.3 is 24.4 Å². The Morgan fingerprint density at radius 3 is 2.43 bits per heavy atom. The molecule has 1 N–H and O–H groups in total. The van der Waals surface area contributed by atoms with Crippen LogP contribution in [0.5, 0.6) is 5.75 Å². The van der Waals surface area contributed by atoms with Gasteiger partial charge in [0.2, 0.25) is 0 Å². The zero-order valence-corrected chi connectivity index (χ0v) is 17.3. The molecule has 0 aliphatic carbocycles. The Hall–Kier alpha value is -2.12. The number of carbonyl (C=O) groups excluding carboxylic acids is 2. The normalized spacial score (nSPS) is 16.5. The molecule has 0 unspecified atom stereocenters. The van der Waals surface area contributed by atoms with E-state index in [1.165, 1.54) is 0 Å². The Morgan fingerprint density at radius 2 is 1.86 bits per heavy atom. The van der Waals surface area contributed by atoms with E-state index in [1.54, 1.807) is 29.2 Å². The third kappa shape index (κ3) is 6.49. The maximum Gasteiger partial charge on any atom is 0.260 e. The van der Waals surface area contributed by atoms with Crippen LogP contribution in [0.2, 0.25) is 0 Å². The highest BCUT2D eigenvalue weighted by molar-refractivity contribution is 5.97. The van der Waals surface area contributed by atoms with Gasteiger partial charge in [0.05, 0.1) is 13.2 Å². The van der Waals surface area contributed by atoms with Crippen molar-refractivity contribution >= 4 is 17.5 Å². The second-order valence-electron chi connectivity index (χ2n) is 7.52. The summed E-state index contributed by atoms with van der Waals surface area (Å²) in [6.07, 6.45) is 0.636. The van der Waals surface area contributed by atoms with E-state index in [0.717, 1.165) is 0 Å². The predicted molar refractivity (Wildman–Crippen MR) is 107 cm³/mol. The number of nitrogens with one attached hydrogen (secondary N) is 1. The first kappa shape index (κ1) is 22.2. The van der Waals surface area contributed by atoms with Crippen LogP contribution in [-0.4, -0.2) is 61.8 Å². The molecule has 0 radical (unpaired) electrons. The third-order valence-corrected chi connectivity index (χ3v) is 4.58. The van der Waals surface area contributed by atoms with E-state index in [4.69, 9.17) is 14.2 Å². The quantitative estimate of drug-likeness (QED) is 0.699. The highest BCUT2D eigenvalue weighted by Crippen LogP contribution is 2.24. The van der Waals surface area contributed by atoms with E-state index in [1.807, 2.05) is 13.8 Å². The van der Waals surface area contributed by atoms with Crippen LogP contribution < -0.4 is 10.1 Å². The van der Waals surface area contributed by atoms with Crippen LogP contribution >= 0.6 is 0 Å². The van der Waals surface area contributed by atoms with Crippen LogP contribution in [0, 0.1) is 5.92 Å². The molecule has 7 nitrogen and oxygen atoms in total. The molecular weight excluding hydrogens is 360 g/mol. The number of rotatable bonds is 9. The number of amides is 2. The minimum Gasteiger partial charge on any atom is -0.484 e. The second-order valence-corrected chi connectivity index (χ2v) is 7.52. The summed E-state index contributed by atoms with van der Waals surface area (Å²) in [4.78, 5) is 26.6. The van der Waals surface area contributed by atoms with Crippen molar-refractivity contribution in [3.63, 3.8) is 0 Å². The van der Waals surface area contributed by atoms with Crippen LogP contribution in [-0.2, 0) is 19.1 Å². The van der Waals surface area contributed by atoms with Crippen LogP contribution in [0.1, 0.15) is 34.1 Å². The van der Waals surface area contributed by atoms with Gasteiger partial charge in [-0.1, -0.05) is 13.8 Å². The Labute approximate surface area is 167 Å². The van der Waals surface area contributed by atoms with Crippen molar-refractivity contribution in [2.24, 2.45) is 5.92 Å². The number of hydrogen-bond donors (Lipinski definition) is 1. The fourth-order valence-corrected chi connectivity index (χ4v) is 3.26. The number of ether oxygens (including phenoxy) is 3. The smallest absolute Gasteiger partial charge is 0.260 e. The molecule has 0 saturated carbocycles. The Bertz CT molecular complexity index is 641. The van der Waals surface area contributed by atoms with Gasteiger partial charge in [0.15, 0.2) is 6.61 Å². The topological polar surface area (TPSA) is 77.1 Å². The highest BCUT2D eigenvalue weighted by Gasteiger charge is 2.34. The molecule has 7 heteroatoms. The van der Waals surface area contributed by atoms with Crippen molar-refractivity contribution in [1.82, 2.24) is 4.90 Å². The van der Waals surface area contributed by atoms with Crippen molar-refractivity contribution in [1.29, 1.82) is 0 Å². The Balaban J connectivity index is 1.88. The molecule has 1 heterocycles. The van der Waals surface area contributed by atoms with Gasteiger partial charge in [0, 0.05) is 25.4 Å². The summed E-state index contributed by atoms with van der Waals surface area (Å²) in [5, 5.41) is 2.91. The number of benzene rings is 1. The molecule has 2 rings (SSSR count). The van der Waals surface area contributed by atoms with E-state index in [-0.39, 0.29) is 18.4 Å². The van der Waals surface area contributed by atoms with Crippen LogP contribution in [0.25, 0.3) is 0 Å². The molecular formula is C21H32N2O5. The Morgan fingerprint density at radius 1 is 1.21 bits per heavy atom. The zero-order chi connectivity index (χ0) is 20.6. The summed E-state index contributed by atoms with van der Waals surface area (Å²) in [7, 11) is 0. The van der Waals surface area contributed by atoms with E-state index >= 15 is 0 Å². The summed E-state index contributed by atoms with van der Waals surface area (Å²) in [5.41, 5.74) is -0.214. The monoisotopic (exact) mass is 392 g/mol. The summed E-state index contributed by atoms with van der Waals surface area (Å²) in [6, 6.07) is 6.99. The molecule has 1 aliphatic rings. The minimum absolute atomic E-state index is 0.0114. The molecule has 2 amide bonds. The molecule has 1 aromatic carbocycles. The van der Waals surface area contributed by atoms with Gasteiger partial charge in [0.1, 0.15) is 11.4 Å². The zero-order valence-electron chi connectivity index (χ0n) is 17.3. The second kappa shape index (κ2) is 10.4. The maximum absolute atomic E-state index is 12.7. The maximum atomic E-state index is 12.7.